The number of hydrogen-bond acceptors (Lipinski definition) is 2. The molecule has 2 rings (SSSR count). The third-order valence-electron chi connectivity index (χ3n) is 3.24. The predicted molar refractivity (Wildman–Crippen MR) is 78.8 cm³/mol. The van der Waals surface area contributed by atoms with Crippen molar-refractivity contribution in [3.05, 3.63) is 65.5 Å². The van der Waals surface area contributed by atoms with E-state index < -0.39 is 0 Å². The summed E-state index contributed by atoms with van der Waals surface area (Å²) in [6.07, 6.45) is 1.28. The fourth-order valence-electron chi connectivity index (χ4n) is 2.16. The minimum absolute atomic E-state index is 0.0764. The third kappa shape index (κ3) is 3.58. The first-order valence-electron chi connectivity index (χ1n) is 6.71. The lowest BCUT2D eigenvalue weighted by Gasteiger charge is -2.19. The zero-order chi connectivity index (χ0) is 14.4. The number of benzene rings is 2. The molecule has 0 aliphatic rings. The SMILES string of the molecule is CCC(Nc1ccc(CC#N)cc1)c1cccc(F)c1. The topological polar surface area (TPSA) is 35.8 Å². The van der Waals surface area contributed by atoms with E-state index in [-0.39, 0.29) is 11.9 Å². The molecule has 102 valence electrons. The van der Waals surface area contributed by atoms with Gasteiger partial charge in [0.15, 0.2) is 0 Å². The van der Waals surface area contributed by atoms with E-state index in [0.717, 1.165) is 23.2 Å². The Hall–Kier alpha value is -2.34. The van der Waals surface area contributed by atoms with Crippen molar-refractivity contribution in [2.45, 2.75) is 25.8 Å². The standard InChI is InChI=1S/C17H17FN2/c1-2-17(14-4-3-5-15(18)12-14)20-16-8-6-13(7-9-16)10-11-19/h3-9,12,17,20H,2,10H2,1H3. The van der Waals surface area contributed by atoms with Crippen molar-refractivity contribution >= 4 is 5.69 Å². The van der Waals surface area contributed by atoms with Gasteiger partial charge in [-0.3, -0.25) is 0 Å². The Morgan fingerprint density at radius 1 is 1.20 bits per heavy atom. The third-order valence-corrected chi connectivity index (χ3v) is 3.24. The molecule has 2 aromatic rings. The van der Waals surface area contributed by atoms with Crippen LogP contribution in [0.3, 0.4) is 0 Å². The number of nitrogens with zero attached hydrogens (tertiary/aromatic N) is 1. The summed E-state index contributed by atoms with van der Waals surface area (Å²) in [4.78, 5) is 0. The Morgan fingerprint density at radius 2 is 1.95 bits per heavy atom. The van der Waals surface area contributed by atoms with E-state index in [0.29, 0.717) is 6.42 Å². The van der Waals surface area contributed by atoms with E-state index in [1.807, 2.05) is 30.3 Å². The highest BCUT2D eigenvalue weighted by Gasteiger charge is 2.09. The normalized spacial score (nSPS) is 11.7. The quantitative estimate of drug-likeness (QED) is 0.869. The molecule has 0 saturated heterocycles. The van der Waals surface area contributed by atoms with Gasteiger partial charge in [0, 0.05) is 5.69 Å². The van der Waals surface area contributed by atoms with Crippen LogP contribution in [-0.4, -0.2) is 0 Å². The highest BCUT2D eigenvalue weighted by Crippen LogP contribution is 2.23. The molecule has 0 fully saturated rings. The molecule has 2 aromatic carbocycles. The van der Waals surface area contributed by atoms with Gasteiger partial charge in [-0.25, -0.2) is 4.39 Å². The van der Waals surface area contributed by atoms with Gasteiger partial charge in [-0.2, -0.15) is 5.26 Å². The van der Waals surface area contributed by atoms with Crippen molar-refractivity contribution in [2.24, 2.45) is 0 Å². The maximum absolute atomic E-state index is 13.3. The van der Waals surface area contributed by atoms with Gasteiger partial charge < -0.3 is 5.32 Å². The lowest BCUT2D eigenvalue weighted by Crippen LogP contribution is -2.09. The van der Waals surface area contributed by atoms with Crippen LogP contribution in [0.1, 0.15) is 30.5 Å². The lowest BCUT2D eigenvalue weighted by molar-refractivity contribution is 0.621. The minimum atomic E-state index is -0.216. The molecule has 1 unspecified atom stereocenters. The van der Waals surface area contributed by atoms with Gasteiger partial charge in [-0.15, -0.1) is 0 Å². The lowest BCUT2D eigenvalue weighted by atomic mass is 10.0. The van der Waals surface area contributed by atoms with Crippen molar-refractivity contribution in [2.75, 3.05) is 5.32 Å². The monoisotopic (exact) mass is 268 g/mol. The van der Waals surface area contributed by atoms with E-state index in [2.05, 4.69) is 18.3 Å². The van der Waals surface area contributed by atoms with Gasteiger partial charge in [-0.05, 0) is 41.8 Å². The molecule has 0 heterocycles. The molecule has 0 bridgehead atoms. The van der Waals surface area contributed by atoms with E-state index in [9.17, 15) is 4.39 Å². The Labute approximate surface area is 118 Å². The predicted octanol–water partition coefficient (Wildman–Crippen LogP) is 4.45. The van der Waals surface area contributed by atoms with Crippen LogP contribution in [0.2, 0.25) is 0 Å². The van der Waals surface area contributed by atoms with Gasteiger partial charge in [0.05, 0.1) is 18.5 Å². The van der Waals surface area contributed by atoms with Gasteiger partial charge in [0.2, 0.25) is 0 Å². The number of nitrogens with one attached hydrogen (secondary N) is 1. The Kier molecular flexibility index (Phi) is 4.73. The average molecular weight is 268 g/mol. The first-order valence-corrected chi connectivity index (χ1v) is 6.71. The highest BCUT2D eigenvalue weighted by atomic mass is 19.1. The number of rotatable bonds is 5. The Morgan fingerprint density at radius 3 is 2.55 bits per heavy atom. The molecule has 0 aliphatic heterocycles. The molecular weight excluding hydrogens is 251 g/mol. The van der Waals surface area contributed by atoms with Crippen LogP contribution in [0.5, 0.6) is 0 Å². The summed E-state index contributed by atoms with van der Waals surface area (Å²) >= 11 is 0. The van der Waals surface area contributed by atoms with E-state index in [1.165, 1.54) is 6.07 Å². The second-order valence-corrected chi connectivity index (χ2v) is 4.69. The smallest absolute Gasteiger partial charge is 0.123 e. The van der Waals surface area contributed by atoms with Crippen LogP contribution in [0, 0.1) is 17.1 Å². The molecule has 0 saturated carbocycles. The highest BCUT2D eigenvalue weighted by molar-refractivity contribution is 5.47. The zero-order valence-corrected chi connectivity index (χ0v) is 11.4. The average Bonchev–Trinajstić information content (AvgIpc) is 2.47. The summed E-state index contributed by atoms with van der Waals surface area (Å²) in [5, 5.41) is 12.0. The fourth-order valence-corrected chi connectivity index (χ4v) is 2.16. The summed E-state index contributed by atoms with van der Waals surface area (Å²) in [5.41, 5.74) is 2.91. The molecule has 1 atom stereocenters. The number of halogens is 1. The van der Waals surface area contributed by atoms with Crippen molar-refractivity contribution in [1.82, 2.24) is 0 Å². The number of hydrogen-bond donors (Lipinski definition) is 1. The van der Waals surface area contributed by atoms with Crippen molar-refractivity contribution < 1.29 is 4.39 Å². The number of anilines is 1. The van der Waals surface area contributed by atoms with Crippen molar-refractivity contribution in [3.8, 4) is 6.07 Å². The largest absolute Gasteiger partial charge is 0.378 e. The maximum Gasteiger partial charge on any atom is 0.123 e. The molecule has 0 amide bonds. The Bertz CT molecular complexity index is 599. The summed E-state index contributed by atoms with van der Waals surface area (Å²) in [7, 11) is 0. The van der Waals surface area contributed by atoms with Crippen LogP contribution in [0.25, 0.3) is 0 Å². The summed E-state index contributed by atoms with van der Waals surface area (Å²) in [5.74, 6) is -0.216. The molecular formula is C17H17FN2. The van der Waals surface area contributed by atoms with Crippen LogP contribution < -0.4 is 5.32 Å². The number of nitriles is 1. The Balaban J connectivity index is 2.12. The summed E-state index contributed by atoms with van der Waals surface area (Å²) in [6, 6.07) is 16.6. The maximum atomic E-state index is 13.3. The molecule has 1 N–H and O–H groups in total. The molecule has 0 spiro atoms. The van der Waals surface area contributed by atoms with E-state index in [4.69, 9.17) is 5.26 Å². The molecule has 20 heavy (non-hydrogen) atoms. The molecule has 2 nitrogen and oxygen atoms in total. The van der Waals surface area contributed by atoms with Crippen LogP contribution in [0.15, 0.2) is 48.5 Å². The van der Waals surface area contributed by atoms with E-state index in [1.54, 1.807) is 12.1 Å². The molecule has 0 aromatic heterocycles. The second kappa shape index (κ2) is 6.72. The van der Waals surface area contributed by atoms with Gasteiger partial charge in [0.1, 0.15) is 5.82 Å². The summed E-state index contributed by atoms with van der Waals surface area (Å²) in [6.45, 7) is 2.06. The van der Waals surface area contributed by atoms with E-state index >= 15 is 0 Å². The van der Waals surface area contributed by atoms with Crippen LogP contribution >= 0.6 is 0 Å². The fraction of sp³-hybridized carbons (Fsp3) is 0.235. The van der Waals surface area contributed by atoms with Gasteiger partial charge in [0.25, 0.3) is 0 Å². The minimum Gasteiger partial charge on any atom is -0.378 e. The molecule has 0 aliphatic carbocycles. The molecule has 0 radical (unpaired) electrons. The zero-order valence-electron chi connectivity index (χ0n) is 11.4. The molecule has 3 heteroatoms. The van der Waals surface area contributed by atoms with Crippen LogP contribution in [-0.2, 0) is 6.42 Å². The second-order valence-electron chi connectivity index (χ2n) is 4.69. The van der Waals surface area contributed by atoms with Crippen LogP contribution in [0.4, 0.5) is 10.1 Å². The first kappa shape index (κ1) is 14.1. The van der Waals surface area contributed by atoms with Gasteiger partial charge >= 0.3 is 0 Å². The van der Waals surface area contributed by atoms with Crippen molar-refractivity contribution in [1.29, 1.82) is 5.26 Å². The first-order chi connectivity index (χ1) is 9.72. The van der Waals surface area contributed by atoms with Crippen molar-refractivity contribution in [3.63, 3.8) is 0 Å². The summed E-state index contributed by atoms with van der Waals surface area (Å²) < 4.78 is 13.3. The van der Waals surface area contributed by atoms with Gasteiger partial charge in [-0.1, -0.05) is 31.2 Å².